The van der Waals surface area contributed by atoms with Crippen LogP contribution < -0.4 is 11.1 Å². The van der Waals surface area contributed by atoms with Crippen LogP contribution in [-0.2, 0) is 4.79 Å². The van der Waals surface area contributed by atoms with Crippen LogP contribution in [0.15, 0.2) is 18.2 Å². The fraction of sp³-hybridized carbons (Fsp3) is 0.562. The van der Waals surface area contributed by atoms with Crippen molar-refractivity contribution in [3.63, 3.8) is 0 Å². The van der Waals surface area contributed by atoms with Gasteiger partial charge < -0.3 is 11.1 Å². The first-order valence-corrected chi connectivity index (χ1v) is 7.25. The number of nitrogen functional groups attached to an aromatic ring is 1. The van der Waals surface area contributed by atoms with Crippen LogP contribution in [-0.4, -0.2) is 30.4 Å². The lowest BCUT2D eigenvalue weighted by atomic mass is 10.1. The average molecular weight is 275 g/mol. The number of rotatable bonds is 5. The van der Waals surface area contributed by atoms with Gasteiger partial charge in [0, 0.05) is 17.9 Å². The van der Waals surface area contributed by atoms with E-state index in [2.05, 4.69) is 17.1 Å². The second-order valence-corrected chi connectivity index (χ2v) is 6.15. The van der Waals surface area contributed by atoms with Crippen molar-refractivity contribution in [1.82, 2.24) is 4.90 Å². The van der Waals surface area contributed by atoms with Gasteiger partial charge in [-0.3, -0.25) is 9.69 Å². The van der Waals surface area contributed by atoms with E-state index < -0.39 is 0 Å². The first-order chi connectivity index (χ1) is 9.38. The fourth-order valence-corrected chi connectivity index (χ4v) is 2.45. The number of nitrogens with one attached hydrogen (secondary N) is 1. The average Bonchev–Trinajstić information content (AvgIpc) is 3.07. The molecule has 110 valence electrons. The minimum absolute atomic E-state index is 0.0358. The normalized spacial score (nSPS) is 22.6. The van der Waals surface area contributed by atoms with Gasteiger partial charge in [-0.05, 0) is 62.9 Å². The van der Waals surface area contributed by atoms with Crippen molar-refractivity contribution in [2.45, 2.75) is 33.2 Å². The van der Waals surface area contributed by atoms with Gasteiger partial charge in [0.1, 0.15) is 0 Å². The summed E-state index contributed by atoms with van der Waals surface area (Å²) in [7, 11) is 2.02. The molecule has 0 aromatic heterocycles. The van der Waals surface area contributed by atoms with Crippen molar-refractivity contribution < 1.29 is 4.79 Å². The van der Waals surface area contributed by atoms with Gasteiger partial charge in [0.05, 0.1) is 6.04 Å². The van der Waals surface area contributed by atoms with Gasteiger partial charge in [0.25, 0.3) is 0 Å². The molecule has 1 fully saturated rings. The number of nitrogens with zero attached hydrogens (tertiary/aromatic N) is 1. The molecule has 20 heavy (non-hydrogen) atoms. The number of benzene rings is 1. The van der Waals surface area contributed by atoms with E-state index in [1.807, 2.05) is 39.1 Å². The maximum absolute atomic E-state index is 12.3. The van der Waals surface area contributed by atoms with E-state index in [0.717, 1.165) is 29.6 Å². The van der Waals surface area contributed by atoms with E-state index in [4.69, 9.17) is 5.73 Å². The number of likely N-dealkylation sites (N-methyl/N-ethyl adjacent to an activating group) is 1. The number of carbonyl (C=O) groups excluding carboxylic acids is 1. The van der Waals surface area contributed by atoms with Crippen molar-refractivity contribution in [1.29, 1.82) is 0 Å². The molecule has 4 heteroatoms. The first kappa shape index (κ1) is 14.9. The molecule has 1 amide bonds. The third-order valence-corrected chi connectivity index (χ3v) is 4.35. The number of aryl methyl sites for hydroxylation is 1. The molecule has 0 spiro atoms. The molecule has 0 radical (unpaired) electrons. The lowest BCUT2D eigenvalue weighted by Gasteiger charge is -2.24. The Morgan fingerprint density at radius 3 is 2.75 bits per heavy atom. The molecule has 0 saturated heterocycles. The number of hydrogen-bond donors (Lipinski definition) is 2. The van der Waals surface area contributed by atoms with Crippen LogP contribution in [0.4, 0.5) is 11.4 Å². The van der Waals surface area contributed by atoms with E-state index in [9.17, 15) is 4.79 Å². The summed E-state index contributed by atoms with van der Waals surface area (Å²) in [6.07, 6.45) is 1.29. The lowest BCUT2D eigenvalue weighted by Crippen LogP contribution is -2.40. The molecule has 0 aliphatic heterocycles. The van der Waals surface area contributed by atoms with Crippen molar-refractivity contribution >= 4 is 17.3 Å². The van der Waals surface area contributed by atoms with Gasteiger partial charge in [-0.2, -0.15) is 0 Å². The van der Waals surface area contributed by atoms with E-state index in [0.29, 0.717) is 5.69 Å². The summed E-state index contributed by atoms with van der Waals surface area (Å²) < 4.78 is 0. The molecule has 3 atom stereocenters. The third-order valence-electron chi connectivity index (χ3n) is 4.35. The number of carbonyl (C=O) groups is 1. The molecular weight excluding hydrogens is 250 g/mol. The van der Waals surface area contributed by atoms with Crippen LogP contribution >= 0.6 is 0 Å². The maximum atomic E-state index is 12.3. The highest BCUT2D eigenvalue weighted by molar-refractivity contribution is 5.95. The van der Waals surface area contributed by atoms with Crippen LogP contribution in [0.2, 0.25) is 0 Å². The zero-order chi connectivity index (χ0) is 14.9. The Bertz CT molecular complexity index is 500. The van der Waals surface area contributed by atoms with Crippen LogP contribution in [0.1, 0.15) is 25.8 Å². The molecule has 1 aliphatic rings. The van der Waals surface area contributed by atoms with Gasteiger partial charge >= 0.3 is 0 Å². The summed E-state index contributed by atoms with van der Waals surface area (Å²) in [4.78, 5) is 14.4. The Hall–Kier alpha value is -1.55. The minimum Gasteiger partial charge on any atom is -0.399 e. The van der Waals surface area contributed by atoms with Gasteiger partial charge in [-0.1, -0.05) is 6.92 Å². The SMILES string of the molecule is Cc1cc(N)ccc1NC(=O)C(C)N(C)CC1CC1C. The first-order valence-electron chi connectivity index (χ1n) is 7.25. The van der Waals surface area contributed by atoms with Crippen LogP contribution in [0.5, 0.6) is 0 Å². The molecule has 4 nitrogen and oxygen atoms in total. The number of nitrogens with two attached hydrogens (primary N) is 1. The predicted molar refractivity (Wildman–Crippen MR) is 83.6 cm³/mol. The quantitative estimate of drug-likeness (QED) is 0.812. The van der Waals surface area contributed by atoms with Crippen molar-refractivity contribution in [2.24, 2.45) is 11.8 Å². The summed E-state index contributed by atoms with van der Waals surface area (Å²) in [6.45, 7) is 7.17. The van der Waals surface area contributed by atoms with Crippen molar-refractivity contribution in [2.75, 3.05) is 24.6 Å². The Kier molecular flexibility index (Phi) is 4.33. The zero-order valence-corrected chi connectivity index (χ0v) is 12.8. The topological polar surface area (TPSA) is 58.4 Å². The lowest BCUT2D eigenvalue weighted by molar-refractivity contribution is -0.120. The predicted octanol–water partition coefficient (Wildman–Crippen LogP) is 2.49. The Balaban J connectivity index is 1.92. The smallest absolute Gasteiger partial charge is 0.241 e. The number of amides is 1. The Labute approximate surface area is 121 Å². The molecule has 2 rings (SSSR count). The van der Waals surface area contributed by atoms with Gasteiger partial charge in [-0.15, -0.1) is 0 Å². The van der Waals surface area contributed by atoms with Gasteiger partial charge in [-0.25, -0.2) is 0 Å². The van der Waals surface area contributed by atoms with Crippen LogP contribution in [0, 0.1) is 18.8 Å². The molecule has 0 bridgehead atoms. The summed E-state index contributed by atoms with van der Waals surface area (Å²) in [6, 6.07) is 5.41. The van der Waals surface area contributed by atoms with E-state index in [1.54, 1.807) is 0 Å². The molecule has 3 unspecified atom stereocenters. The largest absolute Gasteiger partial charge is 0.399 e. The fourth-order valence-electron chi connectivity index (χ4n) is 2.45. The minimum atomic E-state index is -0.125. The monoisotopic (exact) mass is 275 g/mol. The molecule has 1 aliphatic carbocycles. The molecule has 1 aromatic rings. The molecular formula is C16H25N3O. The molecule has 1 aromatic carbocycles. The van der Waals surface area contributed by atoms with E-state index in [-0.39, 0.29) is 11.9 Å². The summed E-state index contributed by atoms with van der Waals surface area (Å²) in [5.41, 5.74) is 8.26. The van der Waals surface area contributed by atoms with E-state index in [1.165, 1.54) is 6.42 Å². The maximum Gasteiger partial charge on any atom is 0.241 e. The highest BCUT2D eigenvalue weighted by atomic mass is 16.2. The number of anilines is 2. The van der Waals surface area contributed by atoms with Crippen molar-refractivity contribution in [3.05, 3.63) is 23.8 Å². The van der Waals surface area contributed by atoms with Crippen LogP contribution in [0.3, 0.4) is 0 Å². The summed E-state index contributed by atoms with van der Waals surface area (Å²) in [5.74, 6) is 1.61. The Morgan fingerprint density at radius 1 is 1.55 bits per heavy atom. The van der Waals surface area contributed by atoms with Gasteiger partial charge in [0.2, 0.25) is 5.91 Å². The highest BCUT2D eigenvalue weighted by Gasteiger charge is 2.34. The standard InChI is InChI=1S/C16H25N3O/c1-10-7-13(10)9-19(4)12(3)16(20)18-15-6-5-14(17)8-11(15)2/h5-6,8,10,12-13H,7,9,17H2,1-4H3,(H,18,20). The second-order valence-electron chi connectivity index (χ2n) is 6.15. The second kappa shape index (κ2) is 5.83. The van der Waals surface area contributed by atoms with Gasteiger partial charge in [0.15, 0.2) is 0 Å². The summed E-state index contributed by atoms with van der Waals surface area (Å²) >= 11 is 0. The van der Waals surface area contributed by atoms with E-state index >= 15 is 0 Å². The summed E-state index contributed by atoms with van der Waals surface area (Å²) in [5, 5.41) is 2.99. The highest BCUT2D eigenvalue weighted by Crippen LogP contribution is 2.38. The third kappa shape index (κ3) is 3.51. The zero-order valence-electron chi connectivity index (χ0n) is 12.8. The number of hydrogen-bond acceptors (Lipinski definition) is 3. The molecule has 3 N–H and O–H groups in total. The van der Waals surface area contributed by atoms with Crippen LogP contribution in [0.25, 0.3) is 0 Å². The molecule has 0 heterocycles. The van der Waals surface area contributed by atoms with Crippen molar-refractivity contribution in [3.8, 4) is 0 Å². The Morgan fingerprint density at radius 2 is 2.20 bits per heavy atom. The molecule has 1 saturated carbocycles.